The molecule has 0 saturated carbocycles. The van der Waals surface area contributed by atoms with Crippen molar-refractivity contribution in [1.82, 2.24) is 0 Å². The molecule has 1 aliphatic rings. The summed E-state index contributed by atoms with van der Waals surface area (Å²) < 4.78 is 0. The SMILES string of the molecule is CC1(C)CCCC(C)(C)[N-]1.[Zn+2]. The number of hydrogen-bond acceptors (Lipinski definition) is 0. The molecule has 1 rings (SSSR count). The number of hydrogen-bond donors (Lipinski definition) is 0. The monoisotopic (exact) mass is 204 g/mol. The maximum Gasteiger partial charge on any atom is 2.00 e. The van der Waals surface area contributed by atoms with E-state index in [4.69, 9.17) is 5.32 Å². The summed E-state index contributed by atoms with van der Waals surface area (Å²) in [6.07, 6.45) is 3.86. The van der Waals surface area contributed by atoms with Crippen molar-refractivity contribution in [3.05, 3.63) is 5.32 Å². The van der Waals surface area contributed by atoms with Gasteiger partial charge in [0, 0.05) is 0 Å². The normalized spacial score (nSPS) is 27.3. The van der Waals surface area contributed by atoms with Gasteiger partial charge in [0.1, 0.15) is 0 Å². The molecule has 0 amide bonds. The molecule has 2 heteroatoms. The zero-order valence-corrected chi connectivity index (χ0v) is 11.2. The van der Waals surface area contributed by atoms with Crippen LogP contribution in [0.5, 0.6) is 0 Å². The van der Waals surface area contributed by atoms with Crippen LogP contribution in [0.25, 0.3) is 5.32 Å². The van der Waals surface area contributed by atoms with Crippen LogP contribution in [0.3, 0.4) is 0 Å². The maximum atomic E-state index is 4.75. The third kappa shape index (κ3) is 3.67. The molecule has 0 spiro atoms. The van der Waals surface area contributed by atoms with E-state index in [0.717, 1.165) is 0 Å². The fourth-order valence-electron chi connectivity index (χ4n) is 1.88. The van der Waals surface area contributed by atoms with Gasteiger partial charge in [0.2, 0.25) is 0 Å². The molecule has 1 fully saturated rings. The standard InChI is InChI=1S/C9H18N.Zn/c1-8(2)6-5-7-9(3,4)10-8;/h5-7H2,1-4H3;/q-1;+2. The van der Waals surface area contributed by atoms with Gasteiger partial charge in [-0.15, -0.1) is 11.1 Å². The van der Waals surface area contributed by atoms with Crippen LogP contribution in [0.15, 0.2) is 0 Å². The van der Waals surface area contributed by atoms with Gasteiger partial charge in [-0.1, -0.05) is 47.0 Å². The molecule has 0 aromatic rings. The van der Waals surface area contributed by atoms with Gasteiger partial charge >= 0.3 is 19.5 Å². The van der Waals surface area contributed by atoms with E-state index in [2.05, 4.69) is 27.7 Å². The van der Waals surface area contributed by atoms with Crippen molar-refractivity contribution in [3.8, 4) is 0 Å². The Morgan fingerprint density at radius 2 is 1.27 bits per heavy atom. The van der Waals surface area contributed by atoms with Crippen LogP contribution in [0.2, 0.25) is 0 Å². The minimum absolute atomic E-state index is 0. The summed E-state index contributed by atoms with van der Waals surface area (Å²) in [6.45, 7) is 8.92. The molecule has 0 aromatic carbocycles. The van der Waals surface area contributed by atoms with Crippen LogP contribution in [-0.4, -0.2) is 11.1 Å². The van der Waals surface area contributed by atoms with Crippen LogP contribution >= 0.6 is 0 Å². The molecular formula is C9H18NZn+. The van der Waals surface area contributed by atoms with E-state index >= 15 is 0 Å². The number of rotatable bonds is 0. The van der Waals surface area contributed by atoms with E-state index < -0.39 is 0 Å². The fourth-order valence-corrected chi connectivity index (χ4v) is 1.88. The van der Waals surface area contributed by atoms with Gasteiger partial charge in [-0.25, -0.2) is 0 Å². The second kappa shape index (κ2) is 3.53. The Morgan fingerprint density at radius 1 is 0.909 bits per heavy atom. The van der Waals surface area contributed by atoms with E-state index in [0.29, 0.717) is 0 Å². The maximum absolute atomic E-state index is 4.75. The van der Waals surface area contributed by atoms with Crippen molar-refractivity contribution in [2.24, 2.45) is 0 Å². The van der Waals surface area contributed by atoms with Gasteiger partial charge in [0.05, 0.1) is 0 Å². The molecule has 1 saturated heterocycles. The molecule has 0 aromatic heterocycles. The van der Waals surface area contributed by atoms with E-state index in [1.54, 1.807) is 0 Å². The van der Waals surface area contributed by atoms with Crippen LogP contribution < -0.4 is 0 Å². The molecule has 0 atom stereocenters. The van der Waals surface area contributed by atoms with E-state index in [1.165, 1.54) is 19.3 Å². The summed E-state index contributed by atoms with van der Waals surface area (Å²) in [5.41, 5.74) is 0.476. The first-order valence-corrected chi connectivity index (χ1v) is 4.15. The number of nitrogens with zero attached hydrogens (tertiary/aromatic N) is 1. The molecule has 0 bridgehead atoms. The van der Waals surface area contributed by atoms with E-state index in [9.17, 15) is 0 Å². The summed E-state index contributed by atoms with van der Waals surface area (Å²) in [7, 11) is 0. The van der Waals surface area contributed by atoms with Crippen molar-refractivity contribution in [2.45, 2.75) is 58.0 Å². The third-order valence-corrected chi connectivity index (χ3v) is 2.18. The smallest absolute Gasteiger partial charge is 0.652 e. The molecule has 0 aliphatic carbocycles. The van der Waals surface area contributed by atoms with Crippen molar-refractivity contribution >= 4 is 0 Å². The molecule has 1 aliphatic heterocycles. The summed E-state index contributed by atoms with van der Waals surface area (Å²) in [4.78, 5) is 0. The predicted octanol–water partition coefficient (Wildman–Crippen LogP) is 3.10. The zero-order valence-electron chi connectivity index (χ0n) is 8.28. The first kappa shape index (κ1) is 11.6. The first-order chi connectivity index (χ1) is 4.41. The molecule has 0 N–H and O–H groups in total. The van der Waals surface area contributed by atoms with Crippen molar-refractivity contribution in [3.63, 3.8) is 0 Å². The Labute approximate surface area is 83.1 Å². The minimum Gasteiger partial charge on any atom is -0.652 e. The number of piperidine rings is 1. The van der Waals surface area contributed by atoms with Crippen LogP contribution in [0.1, 0.15) is 47.0 Å². The van der Waals surface area contributed by atoms with Crippen molar-refractivity contribution in [1.29, 1.82) is 0 Å². The molecule has 0 unspecified atom stereocenters. The minimum atomic E-state index is 0. The average Bonchev–Trinajstić information content (AvgIpc) is 1.56. The van der Waals surface area contributed by atoms with Gasteiger partial charge in [-0.3, -0.25) is 0 Å². The third-order valence-electron chi connectivity index (χ3n) is 2.18. The van der Waals surface area contributed by atoms with Gasteiger partial charge < -0.3 is 5.32 Å². The van der Waals surface area contributed by atoms with Crippen LogP contribution in [0.4, 0.5) is 0 Å². The van der Waals surface area contributed by atoms with E-state index in [-0.39, 0.29) is 30.6 Å². The Hall–Kier alpha value is 0.583. The molecule has 0 radical (unpaired) electrons. The Morgan fingerprint density at radius 3 is 1.45 bits per heavy atom. The van der Waals surface area contributed by atoms with Crippen LogP contribution in [-0.2, 0) is 19.5 Å². The fraction of sp³-hybridized carbons (Fsp3) is 1.00. The quantitative estimate of drug-likeness (QED) is 0.540. The Kier molecular flexibility index (Phi) is 3.72. The average molecular weight is 206 g/mol. The molecular weight excluding hydrogens is 187 g/mol. The van der Waals surface area contributed by atoms with Crippen molar-refractivity contribution in [2.75, 3.05) is 0 Å². The van der Waals surface area contributed by atoms with E-state index in [1.807, 2.05) is 0 Å². The Balaban J connectivity index is 0.000001000. The summed E-state index contributed by atoms with van der Waals surface area (Å²) in [6, 6.07) is 0. The Bertz CT molecular complexity index is 116. The van der Waals surface area contributed by atoms with Gasteiger partial charge in [0.15, 0.2) is 0 Å². The topological polar surface area (TPSA) is 14.1 Å². The molecule has 60 valence electrons. The van der Waals surface area contributed by atoms with Crippen LogP contribution in [0, 0.1) is 0 Å². The molecule has 11 heavy (non-hydrogen) atoms. The van der Waals surface area contributed by atoms with Gasteiger partial charge in [0.25, 0.3) is 0 Å². The first-order valence-electron chi connectivity index (χ1n) is 4.15. The summed E-state index contributed by atoms with van der Waals surface area (Å²) in [5.74, 6) is 0. The second-order valence-corrected chi connectivity index (χ2v) is 4.59. The van der Waals surface area contributed by atoms with Gasteiger partial charge in [-0.2, -0.15) is 0 Å². The zero-order chi connectivity index (χ0) is 7.83. The molecule has 1 heterocycles. The second-order valence-electron chi connectivity index (χ2n) is 4.59. The predicted molar refractivity (Wildman–Crippen MR) is 45.4 cm³/mol. The summed E-state index contributed by atoms with van der Waals surface area (Å²) >= 11 is 0. The van der Waals surface area contributed by atoms with Crippen molar-refractivity contribution < 1.29 is 19.5 Å². The molecule has 1 nitrogen and oxygen atoms in total. The van der Waals surface area contributed by atoms with Gasteiger partial charge in [-0.05, 0) is 0 Å². The largest absolute Gasteiger partial charge is 2.00 e. The summed E-state index contributed by atoms with van der Waals surface area (Å²) in [5, 5.41) is 4.75.